The maximum Gasteiger partial charge on any atom is 0.197 e. The van der Waals surface area contributed by atoms with Gasteiger partial charge in [0.05, 0.1) is 10.6 Å². The molecule has 1 nitrogen and oxygen atoms in total. The maximum atomic E-state index is 14.1. The second kappa shape index (κ2) is 5.63. The summed E-state index contributed by atoms with van der Waals surface area (Å²) in [5.41, 5.74) is 0.767. The van der Waals surface area contributed by atoms with Crippen LogP contribution >= 0.6 is 27.5 Å². The first-order chi connectivity index (χ1) is 8.65. The van der Waals surface area contributed by atoms with Crippen LogP contribution in [-0.2, 0) is 5.33 Å². The van der Waals surface area contributed by atoms with Gasteiger partial charge >= 0.3 is 0 Å². The summed E-state index contributed by atoms with van der Waals surface area (Å²) >= 11 is 9.11. The summed E-state index contributed by atoms with van der Waals surface area (Å²) < 4.78 is 14.1. The van der Waals surface area contributed by atoms with Crippen molar-refractivity contribution in [3.05, 3.63) is 70.0 Å². The van der Waals surface area contributed by atoms with Gasteiger partial charge in [-0.3, -0.25) is 4.79 Å². The van der Waals surface area contributed by atoms with E-state index in [0.717, 1.165) is 0 Å². The van der Waals surface area contributed by atoms with Gasteiger partial charge in [-0.05, 0) is 11.6 Å². The Morgan fingerprint density at radius 2 is 1.83 bits per heavy atom. The third kappa shape index (κ3) is 2.47. The molecule has 0 aliphatic heterocycles. The Morgan fingerprint density at radius 1 is 1.17 bits per heavy atom. The Labute approximate surface area is 118 Å². The number of alkyl halides is 1. The van der Waals surface area contributed by atoms with Crippen LogP contribution < -0.4 is 0 Å². The van der Waals surface area contributed by atoms with Crippen molar-refractivity contribution >= 4 is 33.3 Å². The van der Waals surface area contributed by atoms with E-state index >= 15 is 0 Å². The van der Waals surface area contributed by atoms with E-state index in [0.29, 0.717) is 16.5 Å². The van der Waals surface area contributed by atoms with Crippen molar-refractivity contribution in [2.24, 2.45) is 0 Å². The highest BCUT2D eigenvalue weighted by Crippen LogP contribution is 2.26. The molecule has 2 aromatic rings. The van der Waals surface area contributed by atoms with Crippen LogP contribution in [0.5, 0.6) is 0 Å². The molecule has 2 rings (SSSR count). The molecule has 0 amide bonds. The molecule has 0 unspecified atom stereocenters. The van der Waals surface area contributed by atoms with Gasteiger partial charge in [0.15, 0.2) is 5.78 Å². The molecule has 0 saturated carbocycles. The lowest BCUT2D eigenvalue weighted by Crippen LogP contribution is -2.07. The quantitative estimate of drug-likeness (QED) is 0.594. The minimum Gasteiger partial charge on any atom is -0.288 e. The first-order valence-electron chi connectivity index (χ1n) is 5.27. The minimum atomic E-state index is -0.562. The molecule has 0 aromatic heterocycles. The largest absolute Gasteiger partial charge is 0.288 e. The van der Waals surface area contributed by atoms with Crippen LogP contribution in [0.3, 0.4) is 0 Å². The minimum absolute atomic E-state index is 0.0696. The topological polar surface area (TPSA) is 17.1 Å². The molecule has 4 heteroatoms. The summed E-state index contributed by atoms with van der Waals surface area (Å²) in [7, 11) is 0. The molecule has 0 N–H and O–H groups in total. The lowest BCUT2D eigenvalue weighted by molar-refractivity contribution is 0.103. The molecular weight excluding hydrogens is 319 g/mol. The number of ketones is 1. The summed E-state index contributed by atoms with van der Waals surface area (Å²) in [6.45, 7) is 0. The van der Waals surface area contributed by atoms with E-state index in [1.807, 2.05) is 0 Å². The second-order valence-corrected chi connectivity index (χ2v) is 4.69. The Bertz CT molecular complexity index is 584. The average Bonchev–Trinajstić information content (AvgIpc) is 2.40. The molecule has 0 heterocycles. The Kier molecular flexibility index (Phi) is 4.15. The molecule has 0 atom stereocenters. The molecule has 0 bridgehead atoms. The Morgan fingerprint density at radius 3 is 2.44 bits per heavy atom. The number of benzene rings is 2. The Balaban J connectivity index is 2.55. The van der Waals surface area contributed by atoms with Crippen LogP contribution in [0.15, 0.2) is 42.5 Å². The zero-order valence-electron chi connectivity index (χ0n) is 9.29. The van der Waals surface area contributed by atoms with Crippen LogP contribution in [0.4, 0.5) is 4.39 Å². The molecule has 18 heavy (non-hydrogen) atoms. The zero-order valence-corrected chi connectivity index (χ0v) is 11.6. The van der Waals surface area contributed by atoms with Crippen molar-refractivity contribution in [2.45, 2.75) is 5.33 Å². The fraction of sp³-hybridized carbons (Fsp3) is 0.0714. The molecule has 0 radical (unpaired) electrons. The van der Waals surface area contributed by atoms with Crippen LogP contribution in [0.1, 0.15) is 21.5 Å². The first-order valence-corrected chi connectivity index (χ1v) is 6.77. The third-order valence-corrected chi connectivity index (χ3v) is 3.50. The van der Waals surface area contributed by atoms with Gasteiger partial charge in [-0.1, -0.05) is 63.9 Å². The van der Waals surface area contributed by atoms with Gasteiger partial charge in [0.1, 0.15) is 5.82 Å². The van der Waals surface area contributed by atoms with Crippen molar-refractivity contribution < 1.29 is 9.18 Å². The fourth-order valence-corrected chi connectivity index (χ4v) is 2.31. The Hall–Kier alpha value is -1.19. The van der Waals surface area contributed by atoms with Crippen LogP contribution in [-0.4, -0.2) is 5.78 Å². The number of rotatable bonds is 3. The summed E-state index contributed by atoms with van der Waals surface area (Å²) in [6.07, 6.45) is 0. The van der Waals surface area contributed by atoms with Gasteiger partial charge < -0.3 is 0 Å². The van der Waals surface area contributed by atoms with Crippen molar-refractivity contribution in [2.75, 3.05) is 0 Å². The summed E-state index contributed by atoms with van der Waals surface area (Å²) in [5.74, 6) is -0.964. The predicted octanol–water partition coefficient (Wildman–Crippen LogP) is 4.61. The smallest absolute Gasteiger partial charge is 0.197 e. The van der Waals surface area contributed by atoms with E-state index in [1.54, 1.807) is 36.4 Å². The lowest BCUT2D eigenvalue weighted by Gasteiger charge is -2.08. The molecule has 0 aliphatic carbocycles. The van der Waals surface area contributed by atoms with Crippen LogP contribution in [0.2, 0.25) is 5.02 Å². The molecule has 0 fully saturated rings. The van der Waals surface area contributed by atoms with Crippen molar-refractivity contribution in [3.8, 4) is 0 Å². The van der Waals surface area contributed by atoms with Gasteiger partial charge in [0, 0.05) is 10.9 Å². The molecule has 92 valence electrons. The summed E-state index contributed by atoms with van der Waals surface area (Å²) in [5, 5.41) is 0.469. The van der Waals surface area contributed by atoms with Crippen LogP contribution in [0, 0.1) is 5.82 Å². The molecule has 0 saturated heterocycles. The van der Waals surface area contributed by atoms with E-state index < -0.39 is 11.6 Å². The van der Waals surface area contributed by atoms with E-state index in [4.69, 9.17) is 11.6 Å². The average molecular weight is 328 g/mol. The zero-order chi connectivity index (χ0) is 13.1. The van der Waals surface area contributed by atoms with Gasteiger partial charge in [-0.2, -0.15) is 0 Å². The van der Waals surface area contributed by atoms with E-state index in [1.165, 1.54) is 6.07 Å². The number of carbonyl (C=O) groups is 1. The van der Waals surface area contributed by atoms with E-state index in [-0.39, 0.29) is 10.6 Å². The predicted molar refractivity (Wildman–Crippen MR) is 73.9 cm³/mol. The summed E-state index contributed by atoms with van der Waals surface area (Å²) in [6, 6.07) is 11.6. The molecule has 0 spiro atoms. The van der Waals surface area contributed by atoms with E-state index in [2.05, 4.69) is 15.9 Å². The molecular formula is C14H9BrClFO. The molecule has 0 aliphatic rings. The van der Waals surface area contributed by atoms with Crippen LogP contribution in [0.25, 0.3) is 0 Å². The standard InChI is InChI=1S/C14H9BrClFO/c15-8-10-6-7-11(16)12(13(10)17)14(18)9-4-2-1-3-5-9/h1-7H,8H2. The van der Waals surface area contributed by atoms with Crippen molar-refractivity contribution in [3.63, 3.8) is 0 Å². The number of hydrogen-bond acceptors (Lipinski definition) is 1. The van der Waals surface area contributed by atoms with E-state index in [9.17, 15) is 9.18 Å². The number of hydrogen-bond donors (Lipinski definition) is 0. The maximum absolute atomic E-state index is 14.1. The highest BCUT2D eigenvalue weighted by molar-refractivity contribution is 9.08. The van der Waals surface area contributed by atoms with Gasteiger partial charge in [0.2, 0.25) is 0 Å². The normalized spacial score (nSPS) is 10.4. The highest BCUT2D eigenvalue weighted by atomic mass is 79.9. The van der Waals surface area contributed by atoms with Gasteiger partial charge in [0.25, 0.3) is 0 Å². The third-order valence-electron chi connectivity index (χ3n) is 2.58. The second-order valence-electron chi connectivity index (χ2n) is 3.72. The number of halogens is 3. The van der Waals surface area contributed by atoms with Gasteiger partial charge in [-0.25, -0.2) is 4.39 Å². The SMILES string of the molecule is O=C(c1ccccc1)c1c(Cl)ccc(CBr)c1F. The fourth-order valence-electron chi connectivity index (χ4n) is 1.64. The van der Waals surface area contributed by atoms with Gasteiger partial charge in [-0.15, -0.1) is 0 Å². The monoisotopic (exact) mass is 326 g/mol. The molecule has 2 aromatic carbocycles. The first kappa shape index (κ1) is 13.2. The number of carbonyl (C=O) groups excluding carboxylic acids is 1. The summed E-state index contributed by atoms with van der Waals surface area (Å²) in [4.78, 5) is 12.2. The lowest BCUT2D eigenvalue weighted by atomic mass is 10.0. The van der Waals surface area contributed by atoms with Crippen molar-refractivity contribution in [1.29, 1.82) is 0 Å². The van der Waals surface area contributed by atoms with Crippen molar-refractivity contribution in [1.82, 2.24) is 0 Å². The highest BCUT2D eigenvalue weighted by Gasteiger charge is 2.19.